The van der Waals surface area contributed by atoms with Gasteiger partial charge in [0.2, 0.25) is 0 Å². The van der Waals surface area contributed by atoms with E-state index in [0.29, 0.717) is 12.4 Å². The molecule has 23 heavy (non-hydrogen) atoms. The van der Waals surface area contributed by atoms with Crippen LogP contribution in [0.1, 0.15) is 51.0 Å². The lowest BCUT2D eigenvalue weighted by Gasteiger charge is -2.08. The number of carbonyl (C=O) groups is 2. The van der Waals surface area contributed by atoms with Crippen LogP contribution < -0.4 is 4.74 Å². The summed E-state index contributed by atoms with van der Waals surface area (Å²) in [6, 6.07) is 7.74. The van der Waals surface area contributed by atoms with E-state index < -0.39 is 5.97 Å². The number of carbonyl (C=O) groups excluding carboxylic acids is 1. The first kappa shape index (κ1) is 19.0. The number of aliphatic carboxylic acids is 1. The van der Waals surface area contributed by atoms with Gasteiger partial charge >= 0.3 is 11.9 Å². The first-order valence-corrected chi connectivity index (χ1v) is 8.21. The van der Waals surface area contributed by atoms with Crippen LogP contribution in [-0.2, 0) is 20.7 Å². The molecule has 0 aliphatic heterocycles. The molecule has 0 spiro atoms. The number of rotatable bonds is 12. The van der Waals surface area contributed by atoms with Gasteiger partial charge in [0.05, 0.1) is 6.61 Å². The van der Waals surface area contributed by atoms with E-state index in [1.54, 1.807) is 6.92 Å². The highest BCUT2D eigenvalue weighted by Crippen LogP contribution is 2.16. The third-order valence-corrected chi connectivity index (χ3v) is 3.42. The predicted octanol–water partition coefficient (Wildman–Crippen LogP) is 3.60. The Labute approximate surface area is 137 Å². The Balaban J connectivity index is 2.20. The number of carboxylic acids is 1. The van der Waals surface area contributed by atoms with Gasteiger partial charge in [-0.15, -0.1) is 0 Å². The van der Waals surface area contributed by atoms with Crippen molar-refractivity contribution in [3.8, 4) is 5.75 Å². The average molecular weight is 322 g/mol. The number of aryl methyl sites for hydroxylation is 1. The monoisotopic (exact) mass is 322 g/mol. The largest absolute Gasteiger partial charge is 0.482 e. The van der Waals surface area contributed by atoms with Crippen molar-refractivity contribution in [3.05, 3.63) is 29.8 Å². The zero-order chi connectivity index (χ0) is 16.9. The van der Waals surface area contributed by atoms with Crippen LogP contribution in [0.3, 0.4) is 0 Å². The fraction of sp³-hybridized carbons (Fsp3) is 0.556. The summed E-state index contributed by atoms with van der Waals surface area (Å²) >= 11 is 0. The van der Waals surface area contributed by atoms with Crippen LogP contribution in [0.2, 0.25) is 0 Å². The van der Waals surface area contributed by atoms with Gasteiger partial charge < -0.3 is 14.6 Å². The molecule has 0 aromatic heterocycles. The summed E-state index contributed by atoms with van der Waals surface area (Å²) in [5.41, 5.74) is 1.18. The number of benzene rings is 1. The van der Waals surface area contributed by atoms with Gasteiger partial charge in [0, 0.05) is 6.42 Å². The van der Waals surface area contributed by atoms with E-state index in [-0.39, 0.29) is 19.0 Å². The fourth-order valence-electron chi connectivity index (χ4n) is 2.27. The topological polar surface area (TPSA) is 72.8 Å². The van der Waals surface area contributed by atoms with Crippen LogP contribution in [0.15, 0.2) is 24.3 Å². The Hall–Kier alpha value is -2.04. The van der Waals surface area contributed by atoms with Gasteiger partial charge in [-0.25, -0.2) is 4.79 Å². The summed E-state index contributed by atoms with van der Waals surface area (Å²) in [5, 5.41) is 8.56. The van der Waals surface area contributed by atoms with E-state index >= 15 is 0 Å². The molecule has 0 aliphatic rings. The number of carboxylic acid groups (broad SMARTS) is 1. The normalized spacial score (nSPS) is 10.3. The molecule has 0 heterocycles. The predicted molar refractivity (Wildman–Crippen MR) is 87.6 cm³/mol. The molecule has 1 rings (SSSR count). The summed E-state index contributed by atoms with van der Waals surface area (Å²) in [4.78, 5) is 21.7. The number of ether oxygens (including phenoxy) is 2. The van der Waals surface area contributed by atoms with Gasteiger partial charge in [-0.2, -0.15) is 0 Å². The van der Waals surface area contributed by atoms with Crippen molar-refractivity contribution in [2.75, 3.05) is 13.2 Å². The van der Waals surface area contributed by atoms with Crippen LogP contribution in [0.5, 0.6) is 5.75 Å². The minimum Gasteiger partial charge on any atom is -0.482 e. The van der Waals surface area contributed by atoms with Crippen LogP contribution in [-0.4, -0.2) is 30.3 Å². The van der Waals surface area contributed by atoms with Crippen molar-refractivity contribution in [1.29, 1.82) is 0 Å². The van der Waals surface area contributed by atoms with Crippen LogP contribution >= 0.6 is 0 Å². The second-order valence-corrected chi connectivity index (χ2v) is 5.40. The zero-order valence-corrected chi connectivity index (χ0v) is 13.8. The van der Waals surface area contributed by atoms with Crippen LogP contribution in [0.4, 0.5) is 0 Å². The molecular weight excluding hydrogens is 296 g/mol. The summed E-state index contributed by atoms with van der Waals surface area (Å²) in [6.45, 7) is 2.05. The number of unbranched alkanes of at least 4 members (excludes halogenated alkanes) is 4. The van der Waals surface area contributed by atoms with Crippen molar-refractivity contribution >= 4 is 11.9 Å². The van der Waals surface area contributed by atoms with E-state index in [9.17, 15) is 9.59 Å². The van der Waals surface area contributed by atoms with Crippen molar-refractivity contribution in [2.45, 2.75) is 51.9 Å². The molecule has 128 valence electrons. The van der Waals surface area contributed by atoms with Gasteiger partial charge in [-0.05, 0) is 43.9 Å². The van der Waals surface area contributed by atoms with E-state index in [1.165, 1.54) is 5.56 Å². The second-order valence-electron chi connectivity index (χ2n) is 5.40. The molecule has 0 atom stereocenters. The molecule has 0 saturated heterocycles. The Kier molecular flexibility index (Phi) is 9.52. The van der Waals surface area contributed by atoms with Gasteiger partial charge in [-0.3, -0.25) is 4.79 Å². The molecule has 1 aromatic carbocycles. The van der Waals surface area contributed by atoms with Crippen molar-refractivity contribution in [2.24, 2.45) is 0 Å². The van der Waals surface area contributed by atoms with Gasteiger partial charge in [0.1, 0.15) is 5.75 Å². The highest BCUT2D eigenvalue weighted by molar-refractivity contribution is 5.71. The summed E-state index contributed by atoms with van der Waals surface area (Å²) in [7, 11) is 0. The minimum atomic E-state index is -0.718. The number of esters is 1. The number of hydrogen-bond acceptors (Lipinski definition) is 4. The van der Waals surface area contributed by atoms with E-state index in [4.69, 9.17) is 14.6 Å². The van der Waals surface area contributed by atoms with E-state index in [2.05, 4.69) is 0 Å². The average Bonchev–Trinajstić information content (AvgIpc) is 2.52. The SMILES string of the molecule is CCOC(=O)COc1cccc(CCCCCCCC(=O)O)c1. The summed E-state index contributed by atoms with van der Waals surface area (Å²) in [6.07, 6.45) is 6.16. The summed E-state index contributed by atoms with van der Waals surface area (Å²) in [5.74, 6) is -0.402. The maximum atomic E-state index is 11.3. The Morgan fingerprint density at radius 2 is 1.83 bits per heavy atom. The third-order valence-electron chi connectivity index (χ3n) is 3.42. The van der Waals surface area contributed by atoms with Gasteiger partial charge in [0.25, 0.3) is 0 Å². The summed E-state index contributed by atoms with van der Waals surface area (Å²) < 4.78 is 10.2. The molecule has 0 radical (unpaired) electrons. The van der Waals surface area contributed by atoms with E-state index in [0.717, 1.165) is 38.5 Å². The van der Waals surface area contributed by atoms with Crippen molar-refractivity contribution in [1.82, 2.24) is 0 Å². The lowest BCUT2D eigenvalue weighted by atomic mass is 10.0. The third kappa shape index (κ3) is 9.55. The van der Waals surface area contributed by atoms with Crippen LogP contribution in [0, 0.1) is 0 Å². The maximum Gasteiger partial charge on any atom is 0.344 e. The first-order valence-electron chi connectivity index (χ1n) is 8.21. The molecule has 5 nitrogen and oxygen atoms in total. The Bertz CT molecular complexity index is 484. The minimum absolute atomic E-state index is 0.0686. The Morgan fingerprint density at radius 1 is 1.09 bits per heavy atom. The molecule has 0 fully saturated rings. The molecule has 1 aromatic rings. The standard InChI is InChI=1S/C18H26O5/c1-2-22-18(21)14-23-16-11-8-10-15(13-16)9-6-4-3-5-7-12-17(19)20/h8,10-11,13H,2-7,9,12,14H2,1H3,(H,19,20). The number of hydrogen-bond donors (Lipinski definition) is 1. The zero-order valence-electron chi connectivity index (χ0n) is 13.8. The smallest absolute Gasteiger partial charge is 0.344 e. The van der Waals surface area contributed by atoms with E-state index in [1.807, 2.05) is 24.3 Å². The molecular formula is C18H26O5. The van der Waals surface area contributed by atoms with Crippen LogP contribution in [0.25, 0.3) is 0 Å². The molecule has 0 bridgehead atoms. The van der Waals surface area contributed by atoms with Gasteiger partial charge in [-0.1, -0.05) is 31.4 Å². The van der Waals surface area contributed by atoms with Crippen molar-refractivity contribution < 1.29 is 24.2 Å². The highest BCUT2D eigenvalue weighted by Gasteiger charge is 2.04. The first-order chi connectivity index (χ1) is 11.1. The molecule has 0 saturated carbocycles. The molecule has 1 N–H and O–H groups in total. The Morgan fingerprint density at radius 3 is 2.57 bits per heavy atom. The lowest BCUT2D eigenvalue weighted by Crippen LogP contribution is -2.14. The molecule has 0 amide bonds. The lowest BCUT2D eigenvalue weighted by molar-refractivity contribution is -0.145. The van der Waals surface area contributed by atoms with Crippen molar-refractivity contribution in [3.63, 3.8) is 0 Å². The second kappa shape index (κ2) is 11.5. The highest BCUT2D eigenvalue weighted by atomic mass is 16.6. The molecule has 0 unspecified atom stereocenters. The maximum absolute atomic E-state index is 11.3. The quantitative estimate of drug-likeness (QED) is 0.470. The van der Waals surface area contributed by atoms with Gasteiger partial charge in [0.15, 0.2) is 6.61 Å². The molecule has 5 heteroatoms. The fourth-order valence-corrected chi connectivity index (χ4v) is 2.27. The molecule has 0 aliphatic carbocycles.